The summed E-state index contributed by atoms with van der Waals surface area (Å²) >= 11 is 1.29. The number of hydrogen-bond acceptors (Lipinski definition) is 8. The number of hydrogen-bond donors (Lipinski definition) is 2. The molecule has 1 aromatic heterocycles. The zero-order valence-corrected chi connectivity index (χ0v) is 22.6. The maximum Gasteiger partial charge on any atom is 0.229 e. The lowest BCUT2D eigenvalue weighted by atomic mass is 10.1. The van der Waals surface area contributed by atoms with E-state index in [2.05, 4.69) is 10.3 Å². The van der Waals surface area contributed by atoms with Gasteiger partial charge in [-0.15, -0.1) is 11.3 Å². The standard InChI is InChI=1S/C26H28N4O5S2/c1-17(31)27-26-28-21(16-36-26)18-11-12-25(35-14-13-34-4)24(15-18)30(37(32)33)23-10-6-7-19-20(23)8-5-9-22(19)29(2)3/h5-12,15-16,37H,13-14H2,1-4H3,(H,27,28,31). The SMILES string of the molecule is COCCOc1ccc(-c2csc(NC(C)=O)n2)cc1N(c1cccc2c(N(C)C)cccc12)[SH](=O)=O. The van der Waals surface area contributed by atoms with Crippen molar-refractivity contribution in [3.05, 3.63) is 60.0 Å². The summed E-state index contributed by atoms with van der Waals surface area (Å²) in [7, 11) is 2.36. The summed E-state index contributed by atoms with van der Waals surface area (Å²) in [5.74, 6) is 0.170. The van der Waals surface area contributed by atoms with Gasteiger partial charge in [0.15, 0.2) is 5.13 Å². The second-order valence-electron chi connectivity index (χ2n) is 8.34. The molecular weight excluding hydrogens is 512 g/mol. The van der Waals surface area contributed by atoms with Crippen molar-refractivity contribution in [3.8, 4) is 17.0 Å². The van der Waals surface area contributed by atoms with Crippen molar-refractivity contribution >= 4 is 61.1 Å². The first-order chi connectivity index (χ1) is 17.8. The highest BCUT2D eigenvalue weighted by Crippen LogP contribution is 2.41. The molecule has 0 radical (unpaired) electrons. The number of thiazole rings is 1. The van der Waals surface area contributed by atoms with Crippen LogP contribution in [0.4, 0.5) is 22.2 Å². The number of aromatic nitrogens is 1. The molecule has 0 aliphatic carbocycles. The monoisotopic (exact) mass is 540 g/mol. The summed E-state index contributed by atoms with van der Waals surface area (Å²) in [5, 5.41) is 6.64. The third kappa shape index (κ3) is 5.85. The third-order valence-corrected chi connectivity index (χ3v) is 7.08. The van der Waals surface area contributed by atoms with Crippen LogP contribution < -0.4 is 19.3 Å². The smallest absolute Gasteiger partial charge is 0.229 e. The molecule has 0 saturated heterocycles. The van der Waals surface area contributed by atoms with E-state index in [1.54, 1.807) is 30.7 Å². The average molecular weight is 541 g/mol. The Balaban J connectivity index is 1.89. The van der Waals surface area contributed by atoms with Crippen LogP contribution in [0.3, 0.4) is 0 Å². The van der Waals surface area contributed by atoms with Gasteiger partial charge in [-0.25, -0.2) is 17.7 Å². The van der Waals surface area contributed by atoms with Crippen LogP contribution in [0.25, 0.3) is 22.0 Å². The lowest BCUT2D eigenvalue weighted by Gasteiger charge is -2.24. The van der Waals surface area contributed by atoms with E-state index in [0.29, 0.717) is 40.1 Å². The summed E-state index contributed by atoms with van der Waals surface area (Å²) in [4.78, 5) is 17.9. The number of thiol groups is 1. The molecule has 0 bridgehead atoms. The molecule has 0 unspecified atom stereocenters. The van der Waals surface area contributed by atoms with E-state index in [0.717, 1.165) is 16.5 Å². The van der Waals surface area contributed by atoms with Crippen LogP contribution in [0, 0.1) is 0 Å². The van der Waals surface area contributed by atoms with Crippen LogP contribution in [-0.4, -0.2) is 53.7 Å². The topological polar surface area (TPSA) is 101 Å². The molecule has 3 aromatic carbocycles. The van der Waals surface area contributed by atoms with Gasteiger partial charge < -0.3 is 19.7 Å². The summed E-state index contributed by atoms with van der Waals surface area (Å²) in [6, 6.07) is 16.6. The fourth-order valence-corrected chi connectivity index (χ4v) is 5.42. The predicted octanol–water partition coefficient (Wildman–Crippen LogP) is 4.68. The van der Waals surface area contributed by atoms with E-state index in [1.165, 1.54) is 22.6 Å². The van der Waals surface area contributed by atoms with Gasteiger partial charge in [0.1, 0.15) is 12.4 Å². The number of carbonyl (C=O) groups is 1. The van der Waals surface area contributed by atoms with Crippen LogP contribution in [0.2, 0.25) is 0 Å². The Morgan fingerprint density at radius 1 is 1.00 bits per heavy atom. The molecule has 11 heteroatoms. The lowest BCUT2D eigenvalue weighted by molar-refractivity contribution is -0.114. The van der Waals surface area contributed by atoms with E-state index in [1.807, 2.05) is 55.4 Å². The minimum atomic E-state index is -3.10. The zero-order chi connectivity index (χ0) is 26.5. The van der Waals surface area contributed by atoms with Crippen molar-refractivity contribution in [1.29, 1.82) is 0 Å². The van der Waals surface area contributed by atoms with E-state index in [4.69, 9.17) is 9.47 Å². The van der Waals surface area contributed by atoms with Crippen LogP contribution in [0.5, 0.6) is 5.75 Å². The van der Waals surface area contributed by atoms with Crippen molar-refractivity contribution in [2.75, 3.05) is 48.9 Å². The Bertz CT molecular complexity index is 1490. The number of rotatable bonds is 10. The zero-order valence-electron chi connectivity index (χ0n) is 20.9. The summed E-state index contributed by atoms with van der Waals surface area (Å²) < 4.78 is 38.0. The molecule has 37 heavy (non-hydrogen) atoms. The van der Waals surface area contributed by atoms with Gasteiger partial charge in [-0.1, -0.05) is 24.3 Å². The highest BCUT2D eigenvalue weighted by Gasteiger charge is 2.22. The van der Waals surface area contributed by atoms with Gasteiger partial charge >= 0.3 is 0 Å². The predicted molar refractivity (Wildman–Crippen MR) is 150 cm³/mol. The Morgan fingerprint density at radius 2 is 1.70 bits per heavy atom. The van der Waals surface area contributed by atoms with Crippen LogP contribution in [-0.2, 0) is 20.4 Å². The fourth-order valence-electron chi connectivity index (χ4n) is 3.97. The van der Waals surface area contributed by atoms with Gasteiger partial charge in [0.2, 0.25) is 16.8 Å². The Morgan fingerprint density at radius 3 is 2.35 bits per heavy atom. The minimum absolute atomic E-state index is 0.217. The first-order valence-corrected chi connectivity index (χ1v) is 13.4. The molecule has 4 aromatic rings. The molecule has 0 atom stereocenters. The van der Waals surface area contributed by atoms with Gasteiger partial charge in [0.05, 0.1) is 23.7 Å². The maximum atomic E-state index is 12.8. The molecule has 1 N–H and O–H groups in total. The highest BCUT2D eigenvalue weighted by atomic mass is 32.2. The van der Waals surface area contributed by atoms with E-state index >= 15 is 0 Å². The van der Waals surface area contributed by atoms with Crippen molar-refractivity contribution in [2.24, 2.45) is 0 Å². The molecule has 0 aliphatic heterocycles. The van der Waals surface area contributed by atoms with Crippen molar-refractivity contribution in [3.63, 3.8) is 0 Å². The number of amides is 1. The van der Waals surface area contributed by atoms with Crippen LogP contribution >= 0.6 is 11.3 Å². The van der Waals surface area contributed by atoms with Crippen molar-refractivity contribution in [1.82, 2.24) is 4.98 Å². The number of ether oxygens (including phenoxy) is 2. The lowest BCUT2D eigenvalue weighted by Crippen LogP contribution is -2.17. The Labute approximate surface area is 221 Å². The van der Waals surface area contributed by atoms with E-state index in [9.17, 15) is 13.2 Å². The maximum absolute atomic E-state index is 12.8. The second-order valence-corrected chi connectivity index (χ2v) is 10.1. The molecule has 0 aliphatic rings. The van der Waals surface area contributed by atoms with E-state index in [-0.39, 0.29) is 12.5 Å². The van der Waals surface area contributed by atoms with Crippen molar-refractivity contribution in [2.45, 2.75) is 6.92 Å². The number of benzene rings is 3. The van der Waals surface area contributed by atoms with Gasteiger partial charge in [0, 0.05) is 55.5 Å². The Kier molecular flexibility index (Phi) is 8.27. The van der Waals surface area contributed by atoms with Gasteiger partial charge in [0.25, 0.3) is 0 Å². The summed E-state index contributed by atoms with van der Waals surface area (Å²) in [6.07, 6.45) is 0. The molecule has 0 spiro atoms. The number of nitrogens with zero attached hydrogens (tertiary/aromatic N) is 3. The minimum Gasteiger partial charge on any atom is -0.489 e. The molecule has 1 amide bonds. The molecule has 0 saturated carbocycles. The molecule has 9 nitrogen and oxygen atoms in total. The summed E-state index contributed by atoms with van der Waals surface area (Å²) in [5.41, 5.74) is 3.11. The van der Waals surface area contributed by atoms with Gasteiger partial charge in [-0.05, 0) is 30.3 Å². The average Bonchev–Trinajstić information content (AvgIpc) is 3.32. The summed E-state index contributed by atoms with van der Waals surface area (Å²) in [6.45, 7) is 2.01. The van der Waals surface area contributed by atoms with Crippen molar-refractivity contribution < 1.29 is 22.7 Å². The second kappa shape index (κ2) is 11.6. The van der Waals surface area contributed by atoms with Crippen LogP contribution in [0.1, 0.15) is 6.92 Å². The van der Waals surface area contributed by atoms with Gasteiger partial charge in [-0.3, -0.25) is 4.79 Å². The number of fused-ring (bicyclic) bond motifs is 1. The number of methoxy groups -OCH3 is 1. The number of anilines is 4. The van der Waals surface area contributed by atoms with Crippen LogP contribution in [0.15, 0.2) is 60.0 Å². The normalized spacial score (nSPS) is 11.1. The number of carbonyl (C=O) groups excluding carboxylic acids is 1. The third-order valence-electron chi connectivity index (χ3n) is 5.56. The molecular formula is C26H28N4O5S2. The van der Waals surface area contributed by atoms with E-state index < -0.39 is 10.9 Å². The first kappa shape index (κ1) is 26.4. The molecule has 4 rings (SSSR count). The molecule has 194 valence electrons. The molecule has 1 heterocycles. The number of nitrogens with one attached hydrogen (secondary N) is 1. The quantitative estimate of drug-likeness (QED) is 0.223. The highest BCUT2D eigenvalue weighted by molar-refractivity contribution is 7.74. The largest absolute Gasteiger partial charge is 0.489 e. The molecule has 0 fully saturated rings. The fraction of sp³-hybridized carbons (Fsp3) is 0.231. The van der Waals surface area contributed by atoms with Gasteiger partial charge in [-0.2, -0.15) is 0 Å². The first-order valence-electron chi connectivity index (χ1n) is 11.4. The Hall–Kier alpha value is -3.67.